The van der Waals surface area contributed by atoms with E-state index in [1.807, 2.05) is 13.0 Å². The lowest BCUT2D eigenvalue weighted by atomic mass is 10.1. The summed E-state index contributed by atoms with van der Waals surface area (Å²) >= 11 is 1.39. The van der Waals surface area contributed by atoms with Crippen molar-refractivity contribution >= 4 is 23.2 Å². The zero-order valence-corrected chi connectivity index (χ0v) is 11.1. The van der Waals surface area contributed by atoms with E-state index in [4.69, 9.17) is 10.5 Å². The molecule has 0 radical (unpaired) electrons. The van der Waals surface area contributed by atoms with Crippen LogP contribution in [-0.2, 0) is 16.0 Å². The molecule has 94 valence electrons. The summed E-state index contributed by atoms with van der Waals surface area (Å²) in [5.41, 5.74) is 6.20. The number of hydrogen-bond acceptors (Lipinski definition) is 4. The van der Waals surface area contributed by atoms with Crippen molar-refractivity contribution in [1.29, 1.82) is 0 Å². The number of rotatable bonds is 5. The predicted molar refractivity (Wildman–Crippen MR) is 67.1 cm³/mol. The maximum atomic E-state index is 11.7. The summed E-state index contributed by atoms with van der Waals surface area (Å²) in [6.07, 6.45) is 1.09. The standard InChI is InChI=1S/C12H17NO3S/c1-4-5-9-6-10(17-8(9)3)12(15)16-7(2)11(13)14/h6-7H,4-5H2,1-3H3,(H2,13,14)/t7-/m0/s1. The molecule has 0 unspecified atom stereocenters. The fourth-order valence-electron chi connectivity index (χ4n) is 1.41. The third-order valence-electron chi connectivity index (χ3n) is 2.43. The third-order valence-corrected chi connectivity index (χ3v) is 3.50. The van der Waals surface area contributed by atoms with Gasteiger partial charge in [-0.1, -0.05) is 13.3 Å². The van der Waals surface area contributed by atoms with Crippen LogP contribution in [0.4, 0.5) is 0 Å². The maximum Gasteiger partial charge on any atom is 0.349 e. The van der Waals surface area contributed by atoms with Crippen molar-refractivity contribution in [2.45, 2.75) is 39.7 Å². The van der Waals surface area contributed by atoms with Crippen molar-refractivity contribution in [2.24, 2.45) is 5.73 Å². The molecule has 0 fully saturated rings. The average Bonchev–Trinajstić information content (AvgIpc) is 2.61. The van der Waals surface area contributed by atoms with Crippen LogP contribution in [0.3, 0.4) is 0 Å². The number of aryl methyl sites for hydroxylation is 2. The van der Waals surface area contributed by atoms with E-state index < -0.39 is 18.0 Å². The van der Waals surface area contributed by atoms with E-state index in [0.717, 1.165) is 23.3 Å². The van der Waals surface area contributed by atoms with Gasteiger partial charge in [0.25, 0.3) is 5.91 Å². The third kappa shape index (κ3) is 3.56. The van der Waals surface area contributed by atoms with Crippen molar-refractivity contribution in [3.05, 3.63) is 21.4 Å². The van der Waals surface area contributed by atoms with Crippen LogP contribution in [-0.4, -0.2) is 18.0 Å². The lowest BCUT2D eigenvalue weighted by molar-refractivity contribution is -0.125. The maximum absolute atomic E-state index is 11.7. The molecule has 1 aromatic rings. The molecule has 17 heavy (non-hydrogen) atoms. The first-order valence-corrected chi connectivity index (χ1v) is 6.37. The summed E-state index contributed by atoms with van der Waals surface area (Å²) in [6, 6.07) is 1.83. The number of amides is 1. The van der Waals surface area contributed by atoms with Gasteiger partial charge in [-0.2, -0.15) is 0 Å². The van der Waals surface area contributed by atoms with Gasteiger partial charge < -0.3 is 10.5 Å². The molecular formula is C12H17NO3S. The van der Waals surface area contributed by atoms with E-state index in [0.29, 0.717) is 4.88 Å². The summed E-state index contributed by atoms with van der Waals surface area (Å²) < 4.78 is 4.94. The SMILES string of the molecule is CCCc1cc(C(=O)O[C@@H](C)C(N)=O)sc1C. The lowest BCUT2D eigenvalue weighted by Gasteiger charge is -2.07. The molecule has 1 heterocycles. The monoisotopic (exact) mass is 255 g/mol. The number of hydrogen-bond donors (Lipinski definition) is 1. The Bertz CT molecular complexity index is 425. The predicted octanol–water partition coefficient (Wildman–Crippen LogP) is 2.04. The summed E-state index contributed by atoms with van der Waals surface area (Å²) in [5, 5.41) is 0. The number of carbonyl (C=O) groups excluding carboxylic acids is 2. The Balaban J connectivity index is 2.76. The average molecular weight is 255 g/mol. The first kappa shape index (κ1) is 13.7. The largest absolute Gasteiger partial charge is 0.448 e. The van der Waals surface area contributed by atoms with Crippen molar-refractivity contribution < 1.29 is 14.3 Å². The lowest BCUT2D eigenvalue weighted by Crippen LogP contribution is -2.30. The molecule has 5 heteroatoms. The molecule has 2 N–H and O–H groups in total. The first-order chi connectivity index (χ1) is 7.95. The van der Waals surface area contributed by atoms with Crippen molar-refractivity contribution in [3.8, 4) is 0 Å². The van der Waals surface area contributed by atoms with Gasteiger partial charge in [0.15, 0.2) is 6.10 Å². The van der Waals surface area contributed by atoms with E-state index >= 15 is 0 Å². The minimum atomic E-state index is -0.889. The first-order valence-electron chi connectivity index (χ1n) is 5.55. The van der Waals surface area contributed by atoms with Crippen LogP contribution in [0.25, 0.3) is 0 Å². The van der Waals surface area contributed by atoms with Gasteiger partial charge in [-0.25, -0.2) is 4.79 Å². The van der Waals surface area contributed by atoms with Crippen molar-refractivity contribution in [3.63, 3.8) is 0 Å². The zero-order valence-electron chi connectivity index (χ0n) is 10.3. The van der Waals surface area contributed by atoms with E-state index in [-0.39, 0.29) is 0 Å². The van der Waals surface area contributed by atoms with Crippen LogP contribution in [0.2, 0.25) is 0 Å². The van der Waals surface area contributed by atoms with Gasteiger partial charge in [0.05, 0.1) is 0 Å². The second-order valence-electron chi connectivity index (χ2n) is 3.89. The topological polar surface area (TPSA) is 69.4 Å². The molecule has 1 amide bonds. The second-order valence-corrected chi connectivity index (χ2v) is 5.15. The molecule has 0 saturated carbocycles. The quantitative estimate of drug-likeness (QED) is 0.818. The van der Waals surface area contributed by atoms with Gasteiger partial charge in [-0.05, 0) is 31.9 Å². The molecule has 0 bridgehead atoms. The Morgan fingerprint density at radius 3 is 2.71 bits per heavy atom. The Morgan fingerprint density at radius 1 is 1.53 bits per heavy atom. The molecule has 1 aromatic heterocycles. The fourth-order valence-corrected chi connectivity index (χ4v) is 2.37. The summed E-state index contributed by atoms with van der Waals surface area (Å²) in [6.45, 7) is 5.53. The number of esters is 1. The fraction of sp³-hybridized carbons (Fsp3) is 0.500. The molecule has 0 aliphatic rings. The molecule has 0 spiro atoms. The minimum absolute atomic E-state index is 0.480. The Morgan fingerprint density at radius 2 is 2.18 bits per heavy atom. The Labute approximate surface area is 105 Å². The van der Waals surface area contributed by atoms with Crippen molar-refractivity contribution in [2.75, 3.05) is 0 Å². The zero-order chi connectivity index (χ0) is 13.0. The second kappa shape index (κ2) is 5.82. The van der Waals surface area contributed by atoms with Crippen LogP contribution < -0.4 is 5.73 Å². The van der Waals surface area contributed by atoms with Gasteiger partial charge in [0.2, 0.25) is 0 Å². The number of ether oxygens (including phenoxy) is 1. The molecule has 0 aliphatic heterocycles. The molecule has 4 nitrogen and oxygen atoms in total. The van der Waals surface area contributed by atoms with Gasteiger partial charge >= 0.3 is 5.97 Å². The number of thiophene rings is 1. The number of nitrogens with two attached hydrogens (primary N) is 1. The van der Waals surface area contributed by atoms with E-state index in [9.17, 15) is 9.59 Å². The smallest absolute Gasteiger partial charge is 0.349 e. The number of primary amides is 1. The van der Waals surface area contributed by atoms with Crippen LogP contribution in [0, 0.1) is 6.92 Å². The highest BCUT2D eigenvalue weighted by Gasteiger charge is 2.18. The summed E-state index contributed by atoms with van der Waals surface area (Å²) in [5.74, 6) is -1.12. The Kier molecular flexibility index (Phi) is 4.69. The van der Waals surface area contributed by atoms with Crippen LogP contribution in [0.5, 0.6) is 0 Å². The van der Waals surface area contributed by atoms with E-state index in [1.165, 1.54) is 18.3 Å². The van der Waals surface area contributed by atoms with Crippen LogP contribution in [0.1, 0.15) is 40.4 Å². The molecule has 1 atom stereocenters. The highest BCUT2D eigenvalue weighted by Crippen LogP contribution is 2.23. The highest BCUT2D eigenvalue weighted by molar-refractivity contribution is 7.14. The van der Waals surface area contributed by atoms with E-state index in [2.05, 4.69) is 6.92 Å². The van der Waals surface area contributed by atoms with Crippen LogP contribution >= 0.6 is 11.3 Å². The molecular weight excluding hydrogens is 238 g/mol. The molecule has 1 rings (SSSR count). The molecule has 0 aliphatic carbocycles. The summed E-state index contributed by atoms with van der Waals surface area (Å²) in [7, 11) is 0. The van der Waals surface area contributed by atoms with Gasteiger partial charge in [-0.15, -0.1) is 11.3 Å². The van der Waals surface area contributed by atoms with E-state index in [1.54, 1.807) is 0 Å². The molecule has 0 saturated heterocycles. The van der Waals surface area contributed by atoms with Crippen molar-refractivity contribution in [1.82, 2.24) is 0 Å². The van der Waals surface area contributed by atoms with Crippen LogP contribution in [0.15, 0.2) is 6.07 Å². The Hall–Kier alpha value is -1.36. The highest BCUT2D eigenvalue weighted by atomic mass is 32.1. The minimum Gasteiger partial charge on any atom is -0.448 e. The summed E-state index contributed by atoms with van der Waals surface area (Å²) in [4.78, 5) is 24.1. The number of carbonyl (C=O) groups is 2. The normalized spacial score (nSPS) is 12.2. The van der Waals surface area contributed by atoms with Gasteiger partial charge in [-0.3, -0.25) is 4.79 Å². The van der Waals surface area contributed by atoms with Gasteiger partial charge in [0, 0.05) is 4.88 Å². The molecule has 0 aromatic carbocycles. The van der Waals surface area contributed by atoms with Gasteiger partial charge in [0.1, 0.15) is 4.88 Å².